The van der Waals surface area contributed by atoms with Gasteiger partial charge in [-0.15, -0.1) is 0 Å². The van der Waals surface area contributed by atoms with Crippen LogP contribution in [0.2, 0.25) is 0 Å². The van der Waals surface area contributed by atoms with E-state index in [1.54, 1.807) is 6.92 Å². The van der Waals surface area contributed by atoms with Crippen molar-refractivity contribution in [1.29, 1.82) is 0 Å². The van der Waals surface area contributed by atoms with Gasteiger partial charge < -0.3 is 14.6 Å². The van der Waals surface area contributed by atoms with Crippen LogP contribution in [0.25, 0.3) is 0 Å². The smallest absolute Gasteiger partial charge is 0.314 e. The van der Waals surface area contributed by atoms with Gasteiger partial charge in [0.15, 0.2) is 5.75 Å². The molecule has 0 aromatic heterocycles. The predicted molar refractivity (Wildman–Crippen MR) is 80.0 cm³/mol. The third-order valence-electron chi connectivity index (χ3n) is 3.23. The molecule has 0 fully saturated rings. The zero-order chi connectivity index (χ0) is 16.1. The first-order valence-corrected chi connectivity index (χ1v) is 6.66. The summed E-state index contributed by atoms with van der Waals surface area (Å²) in [7, 11) is 0. The molecule has 0 aliphatic rings. The zero-order valence-electron chi connectivity index (χ0n) is 11.9. The van der Waals surface area contributed by atoms with Crippen LogP contribution in [-0.4, -0.2) is 16.3 Å². The lowest BCUT2D eigenvalue weighted by Gasteiger charge is -2.12. The second-order valence-electron chi connectivity index (χ2n) is 4.84. The Kier molecular flexibility index (Phi) is 4.73. The number of nitro groups is 1. The first-order chi connectivity index (χ1) is 10.5. The fourth-order valence-corrected chi connectivity index (χ4v) is 2.00. The zero-order valence-corrected chi connectivity index (χ0v) is 11.9. The van der Waals surface area contributed by atoms with Crippen molar-refractivity contribution in [3.8, 4) is 11.5 Å². The molecule has 0 heterocycles. The molecular weight excluding hydrogens is 286 g/mol. The molecule has 2 aromatic rings. The van der Waals surface area contributed by atoms with Crippen LogP contribution in [0.1, 0.15) is 24.0 Å². The summed E-state index contributed by atoms with van der Waals surface area (Å²) < 4.78 is 5.54. The van der Waals surface area contributed by atoms with Crippen LogP contribution in [0, 0.1) is 10.1 Å². The van der Waals surface area contributed by atoms with Gasteiger partial charge in [-0.1, -0.05) is 37.3 Å². The van der Waals surface area contributed by atoms with Crippen molar-refractivity contribution in [3.63, 3.8) is 0 Å². The minimum absolute atomic E-state index is 0.173. The highest BCUT2D eigenvalue weighted by molar-refractivity contribution is 5.68. The summed E-state index contributed by atoms with van der Waals surface area (Å²) in [6.45, 7) is 1.78. The Bertz CT molecular complexity index is 684. The fraction of sp³-hybridized carbons (Fsp3) is 0.188. The second kappa shape index (κ2) is 6.71. The largest absolute Gasteiger partial charge is 0.502 e. The van der Waals surface area contributed by atoms with E-state index in [4.69, 9.17) is 4.74 Å². The number of ether oxygens (including phenoxy) is 1. The molecule has 0 spiro atoms. The number of phenolic OH excluding ortho intramolecular Hbond substituents is 1. The van der Waals surface area contributed by atoms with Gasteiger partial charge in [-0.05, 0) is 11.6 Å². The van der Waals surface area contributed by atoms with Gasteiger partial charge in [-0.2, -0.15) is 0 Å². The molecule has 0 bridgehead atoms. The van der Waals surface area contributed by atoms with Crippen LogP contribution >= 0.6 is 0 Å². The predicted octanol–water partition coefficient (Wildman–Crippen LogP) is 3.18. The Morgan fingerprint density at radius 1 is 1.32 bits per heavy atom. The van der Waals surface area contributed by atoms with E-state index in [1.807, 2.05) is 30.3 Å². The van der Waals surface area contributed by atoms with Crippen LogP contribution < -0.4 is 4.74 Å². The van der Waals surface area contributed by atoms with E-state index in [1.165, 1.54) is 6.07 Å². The highest BCUT2D eigenvalue weighted by Crippen LogP contribution is 2.38. The van der Waals surface area contributed by atoms with E-state index < -0.39 is 22.3 Å². The summed E-state index contributed by atoms with van der Waals surface area (Å²) in [5.41, 5.74) is 0.602. The molecule has 1 unspecified atom stereocenters. The number of hydrogen-bond acceptors (Lipinski definition) is 5. The van der Waals surface area contributed by atoms with Crippen molar-refractivity contribution >= 4 is 12.0 Å². The lowest BCUT2D eigenvalue weighted by molar-refractivity contribution is -0.386. The van der Waals surface area contributed by atoms with Gasteiger partial charge in [0.05, 0.1) is 11.0 Å². The standard InChI is InChI=1S/C16H15NO5/c1-11(9-18)14-7-13(8-15(16(14)19)17(20)21)22-10-12-5-3-2-4-6-12/h2-9,11,19H,10H2,1H3. The van der Waals surface area contributed by atoms with Gasteiger partial charge in [0.25, 0.3) is 0 Å². The Hall–Kier alpha value is -2.89. The third-order valence-corrected chi connectivity index (χ3v) is 3.23. The molecule has 0 amide bonds. The number of aromatic hydroxyl groups is 1. The molecule has 0 aliphatic heterocycles. The molecule has 1 atom stereocenters. The van der Waals surface area contributed by atoms with Crippen molar-refractivity contribution < 1.29 is 19.6 Å². The fourth-order valence-electron chi connectivity index (χ4n) is 2.00. The molecule has 114 valence electrons. The van der Waals surface area contributed by atoms with E-state index in [0.717, 1.165) is 11.6 Å². The minimum Gasteiger partial charge on any atom is -0.502 e. The molecule has 1 N–H and O–H groups in total. The first-order valence-electron chi connectivity index (χ1n) is 6.66. The van der Waals surface area contributed by atoms with Gasteiger partial charge in [0.1, 0.15) is 18.6 Å². The Morgan fingerprint density at radius 2 is 2.00 bits per heavy atom. The van der Waals surface area contributed by atoms with E-state index >= 15 is 0 Å². The quantitative estimate of drug-likeness (QED) is 0.503. The lowest BCUT2D eigenvalue weighted by atomic mass is 10.0. The van der Waals surface area contributed by atoms with Crippen molar-refractivity contribution in [1.82, 2.24) is 0 Å². The van der Waals surface area contributed by atoms with Gasteiger partial charge in [0, 0.05) is 11.5 Å². The van der Waals surface area contributed by atoms with Crippen molar-refractivity contribution in [2.45, 2.75) is 19.4 Å². The molecular formula is C16H15NO5. The number of benzene rings is 2. The monoisotopic (exact) mass is 301 g/mol. The molecule has 0 aliphatic carbocycles. The molecule has 0 radical (unpaired) electrons. The Balaban J connectivity index is 2.32. The molecule has 22 heavy (non-hydrogen) atoms. The summed E-state index contributed by atoms with van der Waals surface area (Å²) in [6.07, 6.45) is 0.611. The van der Waals surface area contributed by atoms with E-state index in [0.29, 0.717) is 6.29 Å². The number of nitrogens with zero attached hydrogens (tertiary/aromatic N) is 1. The minimum atomic E-state index is -0.703. The second-order valence-corrected chi connectivity index (χ2v) is 4.84. The number of aldehydes is 1. The first kappa shape index (κ1) is 15.5. The molecule has 0 saturated carbocycles. The molecule has 0 saturated heterocycles. The summed E-state index contributed by atoms with van der Waals surface area (Å²) in [5.74, 6) is -0.937. The summed E-state index contributed by atoms with van der Waals surface area (Å²) >= 11 is 0. The summed E-state index contributed by atoms with van der Waals surface area (Å²) in [5, 5.41) is 20.9. The van der Waals surface area contributed by atoms with Crippen LogP contribution in [0.5, 0.6) is 11.5 Å². The van der Waals surface area contributed by atoms with E-state index in [2.05, 4.69) is 0 Å². The topological polar surface area (TPSA) is 89.7 Å². The van der Waals surface area contributed by atoms with Crippen molar-refractivity contribution in [2.24, 2.45) is 0 Å². The Morgan fingerprint density at radius 3 is 2.59 bits per heavy atom. The maximum atomic E-state index is 11.0. The van der Waals surface area contributed by atoms with E-state index in [-0.39, 0.29) is 17.9 Å². The molecule has 6 nitrogen and oxygen atoms in total. The van der Waals surface area contributed by atoms with Gasteiger partial charge in [-0.3, -0.25) is 10.1 Å². The van der Waals surface area contributed by atoms with E-state index in [9.17, 15) is 20.0 Å². The number of rotatable bonds is 6. The van der Waals surface area contributed by atoms with Crippen LogP contribution in [0.4, 0.5) is 5.69 Å². The average molecular weight is 301 g/mol. The number of carbonyl (C=O) groups excluding carboxylic acids is 1. The highest BCUT2D eigenvalue weighted by atomic mass is 16.6. The van der Waals surface area contributed by atoms with Gasteiger partial charge in [-0.25, -0.2) is 0 Å². The maximum Gasteiger partial charge on any atom is 0.314 e. The van der Waals surface area contributed by atoms with Gasteiger partial charge >= 0.3 is 5.69 Å². The van der Waals surface area contributed by atoms with Crippen LogP contribution in [0.3, 0.4) is 0 Å². The van der Waals surface area contributed by atoms with Crippen molar-refractivity contribution in [3.05, 3.63) is 63.7 Å². The highest BCUT2D eigenvalue weighted by Gasteiger charge is 2.22. The SMILES string of the molecule is CC(C=O)c1cc(OCc2ccccc2)cc([N+](=O)[O-])c1O. The summed E-state index contributed by atoms with van der Waals surface area (Å²) in [4.78, 5) is 21.2. The third kappa shape index (κ3) is 3.41. The number of phenols is 1. The molecule has 2 rings (SSSR count). The normalized spacial score (nSPS) is 11.7. The molecule has 6 heteroatoms. The number of carbonyl (C=O) groups is 1. The maximum absolute atomic E-state index is 11.0. The van der Waals surface area contributed by atoms with Gasteiger partial charge in [0.2, 0.25) is 0 Å². The van der Waals surface area contributed by atoms with Crippen molar-refractivity contribution in [2.75, 3.05) is 0 Å². The summed E-state index contributed by atoms with van der Waals surface area (Å²) in [6, 6.07) is 11.9. The number of hydrogen-bond donors (Lipinski definition) is 1. The van der Waals surface area contributed by atoms with Crippen LogP contribution in [0.15, 0.2) is 42.5 Å². The molecule has 2 aromatic carbocycles. The average Bonchev–Trinajstić information content (AvgIpc) is 2.53. The number of nitro benzene ring substituents is 1. The lowest BCUT2D eigenvalue weighted by Crippen LogP contribution is -2.01. The van der Waals surface area contributed by atoms with Crippen LogP contribution in [-0.2, 0) is 11.4 Å². The Labute approximate surface area is 127 Å².